The second kappa shape index (κ2) is 10.6. The third-order valence-corrected chi connectivity index (χ3v) is 7.60. The Balaban J connectivity index is 1.31. The van der Waals surface area contributed by atoms with Gasteiger partial charge in [0.25, 0.3) is 5.91 Å². The number of rotatable bonds is 7. The lowest BCUT2D eigenvalue weighted by Crippen LogP contribution is -2.59. The minimum Gasteiger partial charge on any atom is -0.451 e. The Morgan fingerprint density at radius 1 is 1.16 bits per heavy atom. The number of nitrogens with one attached hydrogen (secondary N) is 1. The standard InChI is InChI=1S/C24H31N3O4S/c1-18-21(32-22(26-18)19-8-4-2-5-9-19)23(29)31-16-20(28)25-17-24(10-6-3-7-11-24)27-12-14-30-15-13-27/h2,4-5,8-9H,3,6-7,10-17H2,1H3,(H,25,28). The van der Waals surface area contributed by atoms with E-state index in [2.05, 4.69) is 15.2 Å². The van der Waals surface area contributed by atoms with Crippen molar-refractivity contribution in [2.75, 3.05) is 39.5 Å². The van der Waals surface area contributed by atoms with Gasteiger partial charge in [-0.1, -0.05) is 49.6 Å². The summed E-state index contributed by atoms with van der Waals surface area (Å²) >= 11 is 1.29. The van der Waals surface area contributed by atoms with E-state index < -0.39 is 5.97 Å². The number of nitrogens with zero attached hydrogens (tertiary/aromatic N) is 2. The van der Waals surface area contributed by atoms with Gasteiger partial charge in [-0.2, -0.15) is 0 Å². The second-order valence-electron chi connectivity index (χ2n) is 8.54. The first-order chi connectivity index (χ1) is 15.6. The Morgan fingerprint density at radius 3 is 2.59 bits per heavy atom. The van der Waals surface area contributed by atoms with Gasteiger partial charge in [-0.05, 0) is 19.8 Å². The Hall–Kier alpha value is -2.29. The van der Waals surface area contributed by atoms with E-state index in [1.165, 1.54) is 30.6 Å². The van der Waals surface area contributed by atoms with Crippen LogP contribution in [0.15, 0.2) is 30.3 Å². The molecule has 1 saturated carbocycles. The van der Waals surface area contributed by atoms with Crippen LogP contribution in [0.1, 0.15) is 47.5 Å². The third-order valence-electron chi connectivity index (χ3n) is 6.42. The number of carbonyl (C=O) groups excluding carboxylic acids is 2. The van der Waals surface area contributed by atoms with Crippen molar-refractivity contribution in [3.63, 3.8) is 0 Å². The fraction of sp³-hybridized carbons (Fsp3) is 0.542. The Kier molecular flexibility index (Phi) is 7.55. The zero-order chi connectivity index (χ0) is 22.4. The third kappa shape index (κ3) is 5.36. The van der Waals surface area contributed by atoms with Crippen LogP contribution in [-0.4, -0.2) is 66.8 Å². The number of aryl methyl sites for hydroxylation is 1. The van der Waals surface area contributed by atoms with E-state index in [9.17, 15) is 9.59 Å². The average Bonchev–Trinajstić information content (AvgIpc) is 3.24. The number of esters is 1. The van der Waals surface area contributed by atoms with Gasteiger partial charge >= 0.3 is 5.97 Å². The van der Waals surface area contributed by atoms with E-state index in [1.807, 2.05) is 30.3 Å². The predicted octanol–water partition coefficient (Wildman–Crippen LogP) is 3.43. The minimum absolute atomic E-state index is 0.0133. The van der Waals surface area contributed by atoms with Crippen LogP contribution in [0.25, 0.3) is 10.6 Å². The van der Waals surface area contributed by atoms with Crippen molar-refractivity contribution in [1.29, 1.82) is 0 Å². The van der Waals surface area contributed by atoms with E-state index in [0.29, 0.717) is 17.1 Å². The number of carbonyl (C=O) groups is 2. The summed E-state index contributed by atoms with van der Waals surface area (Å²) in [6.07, 6.45) is 5.76. The van der Waals surface area contributed by atoms with Crippen molar-refractivity contribution < 1.29 is 19.1 Å². The van der Waals surface area contributed by atoms with Crippen molar-refractivity contribution in [2.45, 2.75) is 44.6 Å². The number of aromatic nitrogens is 1. The summed E-state index contributed by atoms with van der Waals surface area (Å²) in [5.74, 6) is -0.764. The monoisotopic (exact) mass is 457 g/mol. The molecule has 172 valence electrons. The van der Waals surface area contributed by atoms with Crippen LogP contribution in [0.4, 0.5) is 0 Å². The lowest BCUT2D eigenvalue weighted by atomic mass is 9.79. The molecule has 2 aromatic rings. The van der Waals surface area contributed by atoms with E-state index in [1.54, 1.807) is 6.92 Å². The van der Waals surface area contributed by atoms with Gasteiger partial charge in [0, 0.05) is 30.7 Å². The van der Waals surface area contributed by atoms with Gasteiger partial charge in [-0.15, -0.1) is 11.3 Å². The summed E-state index contributed by atoms with van der Waals surface area (Å²) in [6, 6.07) is 9.72. The molecule has 1 saturated heterocycles. The van der Waals surface area contributed by atoms with Gasteiger partial charge < -0.3 is 14.8 Å². The molecule has 2 heterocycles. The number of amides is 1. The predicted molar refractivity (Wildman–Crippen MR) is 124 cm³/mol. The normalized spacial score (nSPS) is 18.8. The molecule has 1 aromatic carbocycles. The van der Waals surface area contributed by atoms with Crippen LogP contribution in [0.2, 0.25) is 0 Å². The maximum Gasteiger partial charge on any atom is 0.350 e. The summed E-state index contributed by atoms with van der Waals surface area (Å²) in [5, 5.41) is 3.80. The molecule has 0 spiro atoms. The highest BCUT2D eigenvalue weighted by atomic mass is 32.1. The summed E-state index contributed by atoms with van der Waals surface area (Å²) in [6.45, 7) is 5.38. The largest absolute Gasteiger partial charge is 0.451 e. The molecule has 7 nitrogen and oxygen atoms in total. The molecular weight excluding hydrogens is 426 g/mol. The number of hydrogen-bond acceptors (Lipinski definition) is 7. The molecule has 0 bridgehead atoms. The maximum atomic E-state index is 12.6. The van der Waals surface area contributed by atoms with Crippen LogP contribution >= 0.6 is 11.3 Å². The van der Waals surface area contributed by atoms with Crippen molar-refractivity contribution in [3.8, 4) is 10.6 Å². The molecule has 8 heteroatoms. The van der Waals surface area contributed by atoms with Gasteiger partial charge in [-0.3, -0.25) is 9.69 Å². The van der Waals surface area contributed by atoms with Crippen LogP contribution < -0.4 is 5.32 Å². The SMILES string of the molecule is Cc1nc(-c2ccccc2)sc1C(=O)OCC(=O)NCC1(N2CCOCC2)CCCCC1. The molecule has 1 aliphatic carbocycles. The smallest absolute Gasteiger partial charge is 0.350 e. The number of hydrogen-bond donors (Lipinski definition) is 1. The molecule has 1 amide bonds. The summed E-state index contributed by atoms with van der Waals surface area (Å²) in [4.78, 5) is 32.5. The van der Waals surface area contributed by atoms with Crippen LogP contribution in [-0.2, 0) is 14.3 Å². The van der Waals surface area contributed by atoms with Gasteiger partial charge in [0.1, 0.15) is 9.88 Å². The number of thiazole rings is 1. The molecule has 0 radical (unpaired) electrons. The quantitative estimate of drug-likeness (QED) is 0.642. The second-order valence-corrected chi connectivity index (χ2v) is 9.54. The first kappa shape index (κ1) is 22.9. The Bertz CT molecular complexity index is 919. The molecule has 1 aromatic heterocycles. The average molecular weight is 458 g/mol. The van der Waals surface area contributed by atoms with Gasteiger partial charge in [0.15, 0.2) is 6.61 Å². The zero-order valence-corrected chi connectivity index (χ0v) is 19.4. The van der Waals surface area contributed by atoms with Crippen LogP contribution in [0, 0.1) is 6.92 Å². The molecule has 2 aliphatic rings. The Morgan fingerprint density at radius 2 is 1.88 bits per heavy atom. The first-order valence-electron chi connectivity index (χ1n) is 11.4. The fourth-order valence-electron chi connectivity index (χ4n) is 4.65. The number of ether oxygens (including phenoxy) is 2. The topological polar surface area (TPSA) is 80.8 Å². The van der Waals surface area contributed by atoms with Crippen molar-refractivity contribution >= 4 is 23.2 Å². The van der Waals surface area contributed by atoms with E-state index in [-0.39, 0.29) is 18.1 Å². The highest BCUT2D eigenvalue weighted by Gasteiger charge is 2.38. The van der Waals surface area contributed by atoms with E-state index >= 15 is 0 Å². The van der Waals surface area contributed by atoms with Gasteiger partial charge in [-0.25, -0.2) is 9.78 Å². The first-order valence-corrected chi connectivity index (χ1v) is 12.2. The van der Waals surface area contributed by atoms with E-state index in [0.717, 1.165) is 49.7 Å². The van der Waals surface area contributed by atoms with Crippen LogP contribution in [0.3, 0.4) is 0 Å². The lowest BCUT2D eigenvalue weighted by Gasteiger charge is -2.48. The zero-order valence-electron chi connectivity index (χ0n) is 18.6. The van der Waals surface area contributed by atoms with Crippen molar-refractivity contribution in [1.82, 2.24) is 15.2 Å². The summed E-state index contributed by atoms with van der Waals surface area (Å²) < 4.78 is 10.8. The maximum absolute atomic E-state index is 12.6. The van der Waals surface area contributed by atoms with Gasteiger partial charge in [0.05, 0.1) is 18.9 Å². The molecule has 2 fully saturated rings. The van der Waals surface area contributed by atoms with Gasteiger partial charge in [0.2, 0.25) is 0 Å². The molecule has 1 N–H and O–H groups in total. The highest BCUT2D eigenvalue weighted by molar-refractivity contribution is 7.17. The van der Waals surface area contributed by atoms with Crippen LogP contribution in [0.5, 0.6) is 0 Å². The molecule has 32 heavy (non-hydrogen) atoms. The molecule has 4 rings (SSSR count). The summed E-state index contributed by atoms with van der Waals surface area (Å²) in [7, 11) is 0. The number of morpholine rings is 1. The highest BCUT2D eigenvalue weighted by Crippen LogP contribution is 2.34. The number of benzene rings is 1. The van der Waals surface area contributed by atoms with Crippen molar-refractivity contribution in [2.24, 2.45) is 0 Å². The Labute approximate surface area is 193 Å². The molecule has 0 unspecified atom stereocenters. The molecule has 0 atom stereocenters. The summed E-state index contributed by atoms with van der Waals surface area (Å²) in [5.41, 5.74) is 1.56. The minimum atomic E-state index is -0.502. The molecule has 1 aliphatic heterocycles. The van der Waals surface area contributed by atoms with E-state index in [4.69, 9.17) is 9.47 Å². The fourth-order valence-corrected chi connectivity index (χ4v) is 5.62. The van der Waals surface area contributed by atoms with Crippen molar-refractivity contribution in [3.05, 3.63) is 40.9 Å². The molecular formula is C24H31N3O4S. The lowest BCUT2D eigenvalue weighted by molar-refractivity contribution is -0.125.